The molecule has 0 aliphatic rings. The Hall–Kier alpha value is -1.00. The summed E-state index contributed by atoms with van der Waals surface area (Å²) in [6, 6.07) is 0. The smallest absolute Gasteiger partial charge is 0.0650 e. The highest BCUT2D eigenvalue weighted by Gasteiger charge is 1.90. The normalized spacial score (nSPS) is 11.2. The second-order valence-corrected chi connectivity index (χ2v) is 3.44. The summed E-state index contributed by atoms with van der Waals surface area (Å²) in [7, 11) is 0. The summed E-state index contributed by atoms with van der Waals surface area (Å²) in [5, 5.41) is 8.84. The van der Waals surface area contributed by atoms with E-state index in [1.165, 1.54) is 5.57 Å². The molecule has 1 nitrogen and oxygen atoms in total. The third kappa shape index (κ3) is 4.55. The molecule has 0 atom stereocenters. The fourth-order valence-corrected chi connectivity index (χ4v) is 0.538. The molecule has 1 heteroatoms. The van der Waals surface area contributed by atoms with Gasteiger partial charge in [0.05, 0.1) is 6.61 Å². The molecule has 0 aliphatic carbocycles. The van der Waals surface area contributed by atoms with E-state index in [2.05, 4.69) is 11.8 Å². The molecule has 0 amide bonds. The van der Waals surface area contributed by atoms with Crippen LogP contribution in [0.5, 0.6) is 0 Å². The fourth-order valence-electron chi connectivity index (χ4n) is 0.538. The highest BCUT2D eigenvalue weighted by atomic mass is 16.3. The Morgan fingerprint density at radius 2 is 1.38 bits per heavy atom. The predicted molar refractivity (Wildman–Crippen MR) is 57.3 cm³/mol. The largest absolute Gasteiger partial charge is 0.392 e. The maximum Gasteiger partial charge on any atom is 0.0650 e. The number of aliphatic hydroxyl groups is 1. The molecule has 1 N–H and O–H groups in total. The third-order valence-corrected chi connectivity index (χ3v) is 2.06. The zero-order chi connectivity index (χ0) is 10.4. The Morgan fingerprint density at radius 1 is 0.923 bits per heavy atom. The summed E-state index contributed by atoms with van der Waals surface area (Å²) >= 11 is 0. The quantitative estimate of drug-likeness (QED) is 0.612. The van der Waals surface area contributed by atoms with Crippen molar-refractivity contribution in [3.8, 4) is 11.8 Å². The van der Waals surface area contributed by atoms with Gasteiger partial charge in [-0.25, -0.2) is 0 Å². The van der Waals surface area contributed by atoms with E-state index >= 15 is 0 Å². The van der Waals surface area contributed by atoms with Crippen LogP contribution in [0.4, 0.5) is 0 Å². The van der Waals surface area contributed by atoms with E-state index < -0.39 is 0 Å². The lowest BCUT2D eigenvalue weighted by Crippen LogP contribution is -1.87. The van der Waals surface area contributed by atoms with E-state index in [9.17, 15) is 0 Å². The van der Waals surface area contributed by atoms with Crippen LogP contribution in [0.15, 0.2) is 22.3 Å². The second kappa shape index (κ2) is 5.61. The molecule has 0 aromatic heterocycles. The number of aliphatic hydroxyl groups excluding tert-OH is 1. The Bertz CT molecular complexity index is 291. The Labute approximate surface area is 81.2 Å². The molecule has 0 unspecified atom stereocenters. The molecular weight excluding hydrogens is 160 g/mol. The molecule has 0 saturated carbocycles. The van der Waals surface area contributed by atoms with E-state index in [4.69, 9.17) is 5.11 Å². The SMILES string of the molecule is CC(C)=C(C)C#C/C(C)=C(\C)CO. The van der Waals surface area contributed by atoms with Crippen molar-refractivity contribution in [2.45, 2.75) is 34.6 Å². The molecule has 0 bridgehead atoms. The molecule has 0 saturated heterocycles. The maximum atomic E-state index is 8.84. The Kier molecular flexibility index (Phi) is 5.18. The Morgan fingerprint density at radius 3 is 1.77 bits per heavy atom. The molecule has 0 radical (unpaired) electrons. The van der Waals surface area contributed by atoms with Gasteiger partial charge in [-0.1, -0.05) is 17.4 Å². The van der Waals surface area contributed by atoms with Gasteiger partial charge in [0.15, 0.2) is 0 Å². The van der Waals surface area contributed by atoms with E-state index in [-0.39, 0.29) is 6.61 Å². The first-order valence-corrected chi connectivity index (χ1v) is 4.42. The standard InChI is InChI=1S/C12H18O/c1-9(2)10(3)6-7-11(4)12(5)8-13/h13H,8H2,1-5H3/b12-11+. The highest BCUT2D eigenvalue weighted by Crippen LogP contribution is 2.03. The molecular formula is C12H18O. The minimum absolute atomic E-state index is 0.0916. The van der Waals surface area contributed by atoms with Crippen molar-refractivity contribution in [3.05, 3.63) is 22.3 Å². The minimum Gasteiger partial charge on any atom is -0.392 e. The topological polar surface area (TPSA) is 20.2 Å². The van der Waals surface area contributed by atoms with Crippen molar-refractivity contribution in [2.75, 3.05) is 6.61 Å². The Balaban J connectivity index is 4.72. The summed E-state index contributed by atoms with van der Waals surface area (Å²) < 4.78 is 0. The summed E-state index contributed by atoms with van der Waals surface area (Å²) in [5.41, 5.74) is 4.24. The molecule has 0 aromatic rings. The number of rotatable bonds is 1. The van der Waals surface area contributed by atoms with Gasteiger partial charge in [0.1, 0.15) is 0 Å². The molecule has 0 rings (SSSR count). The fraction of sp³-hybridized carbons (Fsp3) is 0.500. The van der Waals surface area contributed by atoms with Crippen molar-refractivity contribution < 1.29 is 5.11 Å². The van der Waals surface area contributed by atoms with Crippen LogP contribution in [0, 0.1) is 11.8 Å². The van der Waals surface area contributed by atoms with Crippen molar-refractivity contribution in [2.24, 2.45) is 0 Å². The predicted octanol–water partition coefficient (Wildman–Crippen LogP) is 2.67. The maximum absolute atomic E-state index is 8.84. The third-order valence-electron chi connectivity index (χ3n) is 2.06. The van der Waals surface area contributed by atoms with Crippen molar-refractivity contribution >= 4 is 0 Å². The summed E-state index contributed by atoms with van der Waals surface area (Å²) in [5.74, 6) is 6.08. The van der Waals surface area contributed by atoms with Crippen LogP contribution >= 0.6 is 0 Å². The summed E-state index contributed by atoms with van der Waals surface area (Å²) in [6.07, 6.45) is 0. The van der Waals surface area contributed by atoms with Gasteiger partial charge >= 0.3 is 0 Å². The average molecular weight is 178 g/mol. The molecule has 0 aliphatic heterocycles. The molecule has 72 valence electrons. The second-order valence-electron chi connectivity index (χ2n) is 3.44. The first-order valence-electron chi connectivity index (χ1n) is 4.42. The van der Waals surface area contributed by atoms with Gasteiger partial charge in [0.2, 0.25) is 0 Å². The van der Waals surface area contributed by atoms with Crippen LogP contribution in [-0.4, -0.2) is 11.7 Å². The van der Waals surface area contributed by atoms with E-state index in [0.717, 1.165) is 16.7 Å². The van der Waals surface area contributed by atoms with Crippen molar-refractivity contribution in [1.82, 2.24) is 0 Å². The number of hydrogen-bond acceptors (Lipinski definition) is 1. The molecule has 13 heavy (non-hydrogen) atoms. The van der Waals surface area contributed by atoms with Crippen LogP contribution < -0.4 is 0 Å². The monoisotopic (exact) mass is 178 g/mol. The average Bonchev–Trinajstić information content (AvgIpc) is 2.11. The zero-order valence-electron chi connectivity index (χ0n) is 9.15. The van der Waals surface area contributed by atoms with Gasteiger partial charge in [-0.2, -0.15) is 0 Å². The van der Waals surface area contributed by atoms with Crippen molar-refractivity contribution in [3.63, 3.8) is 0 Å². The van der Waals surface area contributed by atoms with Crippen LogP contribution in [0.2, 0.25) is 0 Å². The molecule has 0 aromatic carbocycles. The number of hydrogen-bond donors (Lipinski definition) is 1. The van der Waals surface area contributed by atoms with Gasteiger partial charge in [0.25, 0.3) is 0 Å². The van der Waals surface area contributed by atoms with Crippen LogP contribution in [0.3, 0.4) is 0 Å². The first kappa shape index (κ1) is 12.0. The van der Waals surface area contributed by atoms with E-state index in [1.807, 2.05) is 34.6 Å². The zero-order valence-corrected chi connectivity index (χ0v) is 9.15. The van der Waals surface area contributed by atoms with Gasteiger partial charge in [-0.3, -0.25) is 0 Å². The number of allylic oxidation sites excluding steroid dienone is 3. The van der Waals surface area contributed by atoms with E-state index in [1.54, 1.807) is 0 Å². The van der Waals surface area contributed by atoms with E-state index in [0.29, 0.717) is 0 Å². The lowest BCUT2D eigenvalue weighted by Gasteiger charge is -1.96. The molecule has 0 spiro atoms. The van der Waals surface area contributed by atoms with Gasteiger partial charge < -0.3 is 5.11 Å². The van der Waals surface area contributed by atoms with Gasteiger partial charge in [-0.05, 0) is 45.8 Å². The van der Waals surface area contributed by atoms with Gasteiger partial charge in [-0.15, -0.1) is 0 Å². The highest BCUT2D eigenvalue weighted by molar-refractivity contribution is 5.39. The van der Waals surface area contributed by atoms with Crippen LogP contribution in [0.1, 0.15) is 34.6 Å². The summed E-state index contributed by atoms with van der Waals surface area (Å²) in [4.78, 5) is 0. The first-order chi connectivity index (χ1) is 5.99. The van der Waals surface area contributed by atoms with Crippen LogP contribution in [-0.2, 0) is 0 Å². The van der Waals surface area contributed by atoms with Crippen LogP contribution in [0.25, 0.3) is 0 Å². The summed E-state index contributed by atoms with van der Waals surface area (Å²) in [6.45, 7) is 10.0. The lowest BCUT2D eigenvalue weighted by atomic mass is 10.1. The molecule has 0 heterocycles. The molecule has 0 fully saturated rings. The lowest BCUT2D eigenvalue weighted by molar-refractivity contribution is 0.330. The minimum atomic E-state index is 0.0916. The van der Waals surface area contributed by atoms with Crippen molar-refractivity contribution in [1.29, 1.82) is 0 Å². The van der Waals surface area contributed by atoms with Gasteiger partial charge in [0, 0.05) is 5.57 Å².